The molecule has 0 spiro atoms. The Morgan fingerprint density at radius 1 is 1.32 bits per heavy atom. The smallest absolute Gasteiger partial charge is 0.320 e. The fraction of sp³-hybridized carbons (Fsp3) is 0.846. The number of fused-ring (bicyclic) bond motifs is 1. The molecular weight excluding hydrogens is 246 g/mol. The van der Waals surface area contributed by atoms with E-state index in [2.05, 4.69) is 22.0 Å². The van der Waals surface area contributed by atoms with Gasteiger partial charge in [-0.25, -0.2) is 4.79 Å². The average molecular weight is 269 g/mol. The van der Waals surface area contributed by atoms with Gasteiger partial charge in [-0.05, 0) is 25.2 Å². The predicted octanol–water partition coefficient (Wildman–Crippen LogP) is 0.585. The Balaban J connectivity index is 0.000000408. The first-order valence-corrected chi connectivity index (χ1v) is 7.03. The van der Waals surface area contributed by atoms with Crippen molar-refractivity contribution in [3.05, 3.63) is 0 Å². The summed E-state index contributed by atoms with van der Waals surface area (Å²) < 4.78 is 0. The first-order valence-electron chi connectivity index (χ1n) is 7.03. The Morgan fingerprint density at radius 3 is 2.63 bits per heavy atom. The van der Waals surface area contributed by atoms with Crippen molar-refractivity contribution in [1.29, 1.82) is 0 Å². The highest BCUT2D eigenvalue weighted by atomic mass is 16.3. The summed E-state index contributed by atoms with van der Waals surface area (Å²) in [7, 11) is 0. The van der Waals surface area contributed by atoms with E-state index < -0.39 is 0 Å². The summed E-state index contributed by atoms with van der Waals surface area (Å²) >= 11 is 0. The quantitative estimate of drug-likeness (QED) is 0.683. The molecule has 2 saturated heterocycles. The minimum absolute atomic E-state index is 0.250. The first kappa shape index (κ1) is 14.1. The molecule has 2 aliphatic heterocycles. The Labute approximate surface area is 113 Å². The summed E-state index contributed by atoms with van der Waals surface area (Å²) in [4.78, 5) is 24.8. The maximum absolute atomic E-state index is 12.3. The highest BCUT2D eigenvalue weighted by Crippen LogP contribution is 2.32. The summed E-state index contributed by atoms with van der Waals surface area (Å²) in [6, 6.07) is 1.25. The van der Waals surface area contributed by atoms with Crippen LogP contribution in [0.2, 0.25) is 0 Å². The number of piperazine rings is 1. The highest BCUT2D eigenvalue weighted by molar-refractivity contribution is 5.77. The van der Waals surface area contributed by atoms with E-state index in [1.165, 1.54) is 19.3 Å². The van der Waals surface area contributed by atoms with Crippen molar-refractivity contribution in [2.45, 2.75) is 38.3 Å². The molecule has 3 fully saturated rings. The van der Waals surface area contributed by atoms with Gasteiger partial charge in [0.05, 0.1) is 6.04 Å². The van der Waals surface area contributed by atoms with Gasteiger partial charge in [0.25, 0.3) is 6.47 Å². The van der Waals surface area contributed by atoms with E-state index in [0.717, 1.165) is 32.1 Å². The van der Waals surface area contributed by atoms with Gasteiger partial charge < -0.3 is 20.2 Å². The number of rotatable bonds is 1. The van der Waals surface area contributed by atoms with Gasteiger partial charge in [0, 0.05) is 32.2 Å². The Bertz CT molecular complexity index is 337. The number of carboxylic acid groups (broad SMARTS) is 1. The lowest BCUT2D eigenvalue weighted by Crippen LogP contribution is -2.50. The molecule has 2 amide bonds. The molecule has 0 bridgehead atoms. The molecule has 19 heavy (non-hydrogen) atoms. The minimum atomic E-state index is -0.250. The lowest BCUT2D eigenvalue weighted by atomic mass is 10.1. The van der Waals surface area contributed by atoms with E-state index in [1.807, 2.05) is 0 Å². The number of hydrogen-bond acceptors (Lipinski definition) is 3. The van der Waals surface area contributed by atoms with Gasteiger partial charge in [-0.2, -0.15) is 0 Å². The Morgan fingerprint density at radius 2 is 2.05 bits per heavy atom. The van der Waals surface area contributed by atoms with Crippen LogP contribution in [0.25, 0.3) is 0 Å². The van der Waals surface area contributed by atoms with Gasteiger partial charge in [-0.15, -0.1) is 0 Å². The second-order valence-electron chi connectivity index (χ2n) is 5.66. The molecule has 2 heterocycles. The third-order valence-electron chi connectivity index (χ3n) is 4.36. The van der Waals surface area contributed by atoms with Crippen LogP contribution < -0.4 is 5.32 Å². The molecule has 6 heteroatoms. The lowest BCUT2D eigenvalue weighted by molar-refractivity contribution is -0.122. The van der Waals surface area contributed by atoms with Crippen LogP contribution in [-0.2, 0) is 4.79 Å². The van der Waals surface area contributed by atoms with Gasteiger partial charge in [0.2, 0.25) is 0 Å². The Kier molecular flexibility index (Phi) is 4.63. The second kappa shape index (κ2) is 6.23. The molecule has 1 aliphatic carbocycles. The maximum Gasteiger partial charge on any atom is 0.320 e. The molecule has 3 rings (SSSR count). The minimum Gasteiger partial charge on any atom is -0.483 e. The number of nitrogens with one attached hydrogen (secondary N) is 1. The molecule has 0 aromatic heterocycles. The van der Waals surface area contributed by atoms with Crippen molar-refractivity contribution in [2.75, 3.05) is 26.2 Å². The van der Waals surface area contributed by atoms with Crippen LogP contribution in [0.3, 0.4) is 0 Å². The topological polar surface area (TPSA) is 72.9 Å². The molecule has 2 N–H and O–H groups in total. The normalized spacial score (nSPS) is 33.7. The van der Waals surface area contributed by atoms with Crippen LogP contribution in [-0.4, -0.2) is 65.7 Å². The second-order valence-corrected chi connectivity index (χ2v) is 5.66. The SMILES string of the molecule is CC1CCC(N2C[C@@H]3CNCCN3C2=O)C1.O=CO. The van der Waals surface area contributed by atoms with Gasteiger partial charge in [0.15, 0.2) is 0 Å². The highest BCUT2D eigenvalue weighted by Gasteiger charge is 2.42. The zero-order chi connectivity index (χ0) is 13.8. The van der Waals surface area contributed by atoms with Gasteiger partial charge >= 0.3 is 6.03 Å². The molecule has 1 saturated carbocycles. The summed E-state index contributed by atoms with van der Waals surface area (Å²) in [5, 5.41) is 10.3. The van der Waals surface area contributed by atoms with Crippen molar-refractivity contribution in [3.63, 3.8) is 0 Å². The molecule has 3 atom stereocenters. The summed E-state index contributed by atoms with van der Waals surface area (Å²) in [5.74, 6) is 0.800. The van der Waals surface area contributed by atoms with Crippen molar-refractivity contribution in [2.24, 2.45) is 5.92 Å². The average Bonchev–Trinajstić information content (AvgIpc) is 2.96. The van der Waals surface area contributed by atoms with Crippen molar-refractivity contribution in [1.82, 2.24) is 15.1 Å². The number of urea groups is 1. The molecule has 0 radical (unpaired) electrons. The maximum atomic E-state index is 12.3. The zero-order valence-corrected chi connectivity index (χ0v) is 11.4. The summed E-state index contributed by atoms with van der Waals surface area (Å²) in [6.07, 6.45) is 3.71. The monoisotopic (exact) mass is 269 g/mol. The largest absolute Gasteiger partial charge is 0.483 e. The standard InChI is InChI=1S/C12H21N3O.CH2O2/c1-9-2-3-10(6-9)15-8-11-7-13-4-5-14(11)12(15)16;2-1-3/h9-11,13H,2-8H2,1H3;1H,(H,2,3)/t9?,10?,11-;/m0./s1. The fourth-order valence-electron chi connectivity index (χ4n) is 3.41. The van der Waals surface area contributed by atoms with Crippen LogP contribution in [0.15, 0.2) is 0 Å². The first-order chi connectivity index (χ1) is 9.17. The van der Waals surface area contributed by atoms with Crippen LogP contribution in [0.1, 0.15) is 26.2 Å². The molecule has 0 aromatic rings. The molecule has 108 valence electrons. The van der Waals surface area contributed by atoms with E-state index in [4.69, 9.17) is 9.90 Å². The third kappa shape index (κ3) is 3.00. The molecule has 2 unspecified atom stereocenters. The van der Waals surface area contributed by atoms with E-state index in [-0.39, 0.29) is 6.47 Å². The van der Waals surface area contributed by atoms with E-state index in [1.54, 1.807) is 0 Å². The Hall–Kier alpha value is -1.30. The number of nitrogens with zero attached hydrogens (tertiary/aromatic N) is 2. The van der Waals surface area contributed by atoms with Crippen LogP contribution in [0, 0.1) is 5.92 Å². The fourth-order valence-corrected chi connectivity index (χ4v) is 3.41. The van der Waals surface area contributed by atoms with Crippen LogP contribution >= 0.6 is 0 Å². The third-order valence-corrected chi connectivity index (χ3v) is 4.36. The van der Waals surface area contributed by atoms with Crippen LogP contribution in [0.4, 0.5) is 4.79 Å². The zero-order valence-electron chi connectivity index (χ0n) is 11.4. The summed E-state index contributed by atoms with van der Waals surface area (Å²) in [5.41, 5.74) is 0. The molecule has 6 nitrogen and oxygen atoms in total. The van der Waals surface area contributed by atoms with Gasteiger partial charge in [-0.1, -0.05) is 6.92 Å². The predicted molar refractivity (Wildman–Crippen MR) is 71.0 cm³/mol. The lowest BCUT2D eigenvalue weighted by Gasteiger charge is -2.28. The number of carbonyl (C=O) groups excluding carboxylic acids is 1. The number of hydrogen-bond donors (Lipinski definition) is 2. The van der Waals surface area contributed by atoms with E-state index in [9.17, 15) is 4.79 Å². The van der Waals surface area contributed by atoms with Crippen molar-refractivity contribution < 1.29 is 14.7 Å². The van der Waals surface area contributed by atoms with Crippen LogP contribution in [0.5, 0.6) is 0 Å². The van der Waals surface area contributed by atoms with Crippen molar-refractivity contribution >= 4 is 12.5 Å². The van der Waals surface area contributed by atoms with E-state index in [0.29, 0.717) is 18.1 Å². The molecule has 0 aromatic carbocycles. The van der Waals surface area contributed by atoms with Gasteiger partial charge in [-0.3, -0.25) is 4.79 Å². The van der Waals surface area contributed by atoms with Crippen molar-refractivity contribution in [3.8, 4) is 0 Å². The molecule has 3 aliphatic rings. The molecular formula is C13H23N3O3. The van der Waals surface area contributed by atoms with Gasteiger partial charge in [0.1, 0.15) is 0 Å². The van der Waals surface area contributed by atoms with E-state index >= 15 is 0 Å². The number of carbonyl (C=O) groups is 2. The summed E-state index contributed by atoms with van der Waals surface area (Å²) in [6.45, 7) is 5.82. The number of amides is 2.